The fraction of sp³-hybridized carbons (Fsp3) is 0.118. The van der Waals surface area contributed by atoms with E-state index < -0.39 is 29.3 Å². The summed E-state index contributed by atoms with van der Waals surface area (Å²) in [7, 11) is 0. The average Bonchev–Trinajstić information content (AvgIpc) is 3.62. The Labute approximate surface area is 265 Å². The van der Waals surface area contributed by atoms with Crippen molar-refractivity contribution in [1.29, 1.82) is 0 Å². The Balaban J connectivity index is 1.31. The van der Waals surface area contributed by atoms with Crippen molar-refractivity contribution < 1.29 is 28.2 Å². The first-order valence-electron chi connectivity index (χ1n) is 13.8. The summed E-state index contributed by atoms with van der Waals surface area (Å²) in [6, 6.07) is 25.0. The number of aromatic nitrogens is 2. The third kappa shape index (κ3) is 6.22. The Morgan fingerprint density at radius 3 is 2.27 bits per heavy atom. The predicted octanol–water partition coefficient (Wildman–Crippen LogP) is 7.62. The molecule has 1 unspecified atom stereocenters. The molecule has 0 bridgehead atoms. The van der Waals surface area contributed by atoms with Gasteiger partial charge in [0.25, 0.3) is 5.78 Å². The second-order valence-electron chi connectivity index (χ2n) is 10.2. The Morgan fingerprint density at radius 2 is 1.56 bits per heavy atom. The van der Waals surface area contributed by atoms with Crippen LogP contribution >= 0.6 is 23.1 Å². The van der Waals surface area contributed by atoms with E-state index in [1.54, 1.807) is 48.5 Å². The number of hydrogen-bond donors (Lipinski definition) is 1. The van der Waals surface area contributed by atoms with Crippen molar-refractivity contribution in [2.75, 3.05) is 4.90 Å². The molecule has 1 amide bonds. The first-order valence-corrected chi connectivity index (χ1v) is 15.6. The molecule has 0 spiro atoms. The van der Waals surface area contributed by atoms with Crippen molar-refractivity contribution in [3.05, 3.63) is 142 Å². The quantitative estimate of drug-likeness (QED) is 0.0582. The van der Waals surface area contributed by atoms with Crippen LogP contribution in [0.1, 0.15) is 33.9 Å². The monoisotopic (exact) mass is 641 g/mol. The standard InChI is InChI=1S/C34H25F2N3O4S2/c1-20-8-2-3-9-22(20)18-43-24-16-14-21(15-17-24)30(40)28-29(25-11-5-7-13-27(25)36)39(32(42)31(28)41)33-37-38-34(45-33)44-19-23-10-4-6-12-26(23)35/h2-17,29,40H,18-19H2,1H3. The smallest absolute Gasteiger partial charge is 0.301 e. The van der Waals surface area contributed by atoms with Gasteiger partial charge in [0, 0.05) is 16.9 Å². The number of aliphatic hydroxyl groups is 1. The van der Waals surface area contributed by atoms with Crippen LogP contribution in [-0.4, -0.2) is 27.0 Å². The molecule has 1 aromatic heterocycles. The lowest BCUT2D eigenvalue weighted by atomic mass is 9.95. The summed E-state index contributed by atoms with van der Waals surface area (Å²) in [6.07, 6.45) is 0. The van der Waals surface area contributed by atoms with E-state index in [0.717, 1.165) is 27.4 Å². The van der Waals surface area contributed by atoms with Gasteiger partial charge in [0.05, 0.1) is 5.57 Å². The number of amides is 1. The second-order valence-corrected chi connectivity index (χ2v) is 12.3. The normalized spacial score (nSPS) is 15.9. The first-order chi connectivity index (χ1) is 21.8. The van der Waals surface area contributed by atoms with Gasteiger partial charge in [-0.1, -0.05) is 83.8 Å². The molecule has 7 nitrogen and oxygen atoms in total. The minimum Gasteiger partial charge on any atom is -0.507 e. The summed E-state index contributed by atoms with van der Waals surface area (Å²) in [4.78, 5) is 28.0. The lowest BCUT2D eigenvalue weighted by Crippen LogP contribution is -2.29. The van der Waals surface area contributed by atoms with Gasteiger partial charge in [-0.2, -0.15) is 0 Å². The van der Waals surface area contributed by atoms with Gasteiger partial charge in [0.2, 0.25) is 5.13 Å². The number of thioether (sulfide) groups is 1. The highest BCUT2D eigenvalue weighted by atomic mass is 32.2. The number of ketones is 1. The van der Waals surface area contributed by atoms with Crippen LogP contribution < -0.4 is 9.64 Å². The molecular formula is C34H25F2N3O4S2. The van der Waals surface area contributed by atoms with Crippen LogP contribution in [0.15, 0.2) is 107 Å². The van der Waals surface area contributed by atoms with Crippen LogP contribution in [0, 0.1) is 18.6 Å². The lowest BCUT2D eigenvalue weighted by Gasteiger charge is -2.22. The van der Waals surface area contributed by atoms with Gasteiger partial charge < -0.3 is 9.84 Å². The Hall–Kier alpha value is -4.87. The summed E-state index contributed by atoms with van der Waals surface area (Å²) in [5.41, 5.74) is 2.56. The van der Waals surface area contributed by atoms with Gasteiger partial charge in [0.15, 0.2) is 4.34 Å². The number of Topliss-reactive ketones (excluding diaryl/α,β-unsaturated/α-hetero) is 1. The van der Waals surface area contributed by atoms with E-state index in [1.165, 1.54) is 36.0 Å². The van der Waals surface area contributed by atoms with E-state index in [2.05, 4.69) is 10.2 Å². The molecule has 4 aromatic carbocycles. The van der Waals surface area contributed by atoms with Crippen LogP contribution in [0.25, 0.3) is 5.76 Å². The maximum absolute atomic E-state index is 15.2. The largest absolute Gasteiger partial charge is 0.507 e. The van der Waals surface area contributed by atoms with E-state index in [-0.39, 0.29) is 33.4 Å². The number of aliphatic hydroxyl groups excluding tert-OH is 1. The molecule has 1 saturated heterocycles. The van der Waals surface area contributed by atoms with Crippen molar-refractivity contribution >= 4 is 45.7 Å². The number of ether oxygens (including phenoxy) is 1. The van der Waals surface area contributed by atoms with Gasteiger partial charge in [0.1, 0.15) is 35.8 Å². The minimum atomic E-state index is -1.31. The van der Waals surface area contributed by atoms with Gasteiger partial charge >= 0.3 is 5.91 Å². The number of aryl methyl sites for hydroxylation is 1. The van der Waals surface area contributed by atoms with Gasteiger partial charge in [-0.05, 0) is 60.0 Å². The van der Waals surface area contributed by atoms with Crippen LogP contribution in [0.2, 0.25) is 0 Å². The summed E-state index contributed by atoms with van der Waals surface area (Å²) in [6.45, 7) is 2.34. The number of nitrogens with zero attached hydrogens (tertiary/aromatic N) is 3. The van der Waals surface area contributed by atoms with Crippen LogP contribution in [-0.2, 0) is 21.9 Å². The molecular weight excluding hydrogens is 617 g/mol. The fourth-order valence-electron chi connectivity index (χ4n) is 4.93. The zero-order valence-corrected chi connectivity index (χ0v) is 25.4. The molecule has 11 heteroatoms. The zero-order chi connectivity index (χ0) is 31.5. The van der Waals surface area contributed by atoms with E-state index in [1.807, 2.05) is 31.2 Å². The highest BCUT2D eigenvalue weighted by Gasteiger charge is 2.49. The number of halogens is 2. The number of rotatable bonds is 9. The first kappa shape index (κ1) is 30.2. The van der Waals surface area contributed by atoms with Gasteiger partial charge in [-0.15, -0.1) is 10.2 Å². The van der Waals surface area contributed by atoms with E-state index in [9.17, 15) is 19.1 Å². The second kappa shape index (κ2) is 13.0. The van der Waals surface area contributed by atoms with Crippen molar-refractivity contribution in [3.8, 4) is 5.75 Å². The SMILES string of the molecule is Cc1ccccc1COc1ccc(C(O)=C2C(=O)C(=O)N(c3nnc(SCc4ccccc4F)s3)C2c2ccccc2F)cc1. The van der Waals surface area contributed by atoms with E-state index in [4.69, 9.17) is 4.74 Å². The molecule has 0 saturated carbocycles. The predicted molar refractivity (Wildman–Crippen MR) is 169 cm³/mol. The fourth-order valence-corrected chi connectivity index (χ4v) is 6.79. The van der Waals surface area contributed by atoms with Crippen molar-refractivity contribution in [2.24, 2.45) is 0 Å². The van der Waals surface area contributed by atoms with Gasteiger partial charge in [-0.3, -0.25) is 14.5 Å². The number of carbonyl (C=O) groups excluding carboxylic acids is 2. The molecule has 226 valence electrons. The highest BCUT2D eigenvalue weighted by Crippen LogP contribution is 2.44. The van der Waals surface area contributed by atoms with Crippen molar-refractivity contribution in [3.63, 3.8) is 0 Å². The molecule has 1 fully saturated rings. The molecule has 2 heterocycles. The maximum atomic E-state index is 15.2. The summed E-state index contributed by atoms with van der Waals surface area (Å²) in [5, 5.41) is 19.7. The summed E-state index contributed by atoms with van der Waals surface area (Å²) < 4.78 is 35.7. The number of carbonyl (C=O) groups is 2. The van der Waals surface area contributed by atoms with Crippen molar-refractivity contribution in [1.82, 2.24) is 10.2 Å². The molecule has 1 aliphatic heterocycles. The maximum Gasteiger partial charge on any atom is 0.301 e. The Morgan fingerprint density at radius 1 is 0.889 bits per heavy atom. The van der Waals surface area contributed by atoms with Crippen LogP contribution in [0.4, 0.5) is 13.9 Å². The molecule has 0 radical (unpaired) electrons. The molecule has 1 atom stereocenters. The average molecular weight is 642 g/mol. The molecule has 1 aliphatic rings. The number of benzene rings is 4. The van der Waals surface area contributed by atoms with Crippen LogP contribution in [0.5, 0.6) is 5.75 Å². The summed E-state index contributed by atoms with van der Waals surface area (Å²) in [5.74, 6) is -2.66. The van der Waals surface area contributed by atoms with E-state index in [0.29, 0.717) is 22.3 Å². The molecule has 45 heavy (non-hydrogen) atoms. The Bertz CT molecular complexity index is 1930. The molecule has 1 N–H and O–H groups in total. The van der Waals surface area contributed by atoms with Crippen LogP contribution in [0.3, 0.4) is 0 Å². The molecule has 6 rings (SSSR count). The third-order valence-corrected chi connectivity index (χ3v) is 9.44. The molecule has 0 aliphatic carbocycles. The minimum absolute atomic E-state index is 0.00666. The van der Waals surface area contributed by atoms with Crippen molar-refractivity contribution in [2.45, 2.75) is 29.7 Å². The highest BCUT2D eigenvalue weighted by molar-refractivity contribution is 8.00. The lowest BCUT2D eigenvalue weighted by molar-refractivity contribution is -0.132. The number of anilines is 1. The van der Waals surface area contributed by atoms with Gasteiger partial charge in [-0.25, -0.2) is 8.78 Å². The number of hydrogen-bond acceptors (Lipinski definition) is 8. The zero-order valence-electron chi connectivity index (χ0n) is 23.8. The molecule has 5 aromatic rings. The van der Waals surface area contributed by atoms with E-state index >= 15 is 4.39 Å². The Kier molecular flexibility index (Phi) is 8.72. The topological polar surface area (TPSA) is 92.6 Å². The third-order valence-electron chi connectivity index (χ3n) is 7.34. The summed E-state index contributed by atoms with van der Waals surface area (Å²) >= 11 is 2.22.